The van der Waals surface area contributed by atoms with E-state index in [4.69, 9.17) is 11.6 Å². The van der Waals surface area contributed by atoms with E-state index in [2.05, 4.69) is 5.32 Å². The zero-order valence-electron chi connectivity index (χ0n) is 10.5. The summed E-state index contributed by atoms with van der Waals surface area (Å²) in [5, 5.41) is 3.39. The van der Waals surface area contributed by atoms with Crippen molar-refractivity contribution in [1.82, 2.24) is 5.32 Å². The van der Waals surface area contributed by atoms with Gasteiger partial charge in [-0.1, -0.05) is 17.7 Å². The third kappa shape index (κ3) is 6.25. The molecule has 6 heteroatoms. The number of alkyl halides is 3. The van der Waals surface area contributed by atoms with Crippen LogP contribution in [0.2, 0.25) is 5.02 Å². The molecule has 1 atom stereocenters. The summed E-state index contributed by atoms with van der Waals surface area (Å²) in [4.78, 5) is 0. The van der Waals surface area contributed by atoms with E-state index in [1.165, 1.54) is 12.1 Å². The van der Waals surface area contributed by atoms with Gasteiger partial charge in [0.05, 0.1) is 0 Å². The van der Waals surface area contributed by atoms with Crippen molar-refractivity contribution in [2.24, 2.45) is 0 Å². The molecule has 19 heavy (non-hydrogen) atoms. The fraction of sp³-hybridized carbons (Fsp3) is 0.538. The van der Waals surface area contributed by atoms with E-state index in [9.17, 15) is 17.6 Å². The largest absolute Gasteiger partial charge is 0.389 e. The van der Waals surface area contributed by atoms with Crippen LogP contribution in [-0.4, -0.2) is 12.7 Å². The summed E-state index contributed by atoms with van der Waals surface area (Å²) in [6, 6.07) is 3.98. The first-order valence-corrected chi connectivity index (χ1v) is 6.42. The lowest BCUT2D eigenvalue weighted by atomic mass is 10.1. The van der Waals surface area contributed by atoms with Gasteiger partial charge in [-0.25, -0.2) is 4.39 Å². The van der Waals surface area contributed by atoms with E-state index < -0.39 is 18.4 Å². The smallest absolute Gasteiger partial charge is 0.310 e. The Hall–Kier alpha value is -0.810. The van der Waals surface area contributed by atoms with Gasteiger partial charge in [0.15, 0.2) is 0 Å². The van der Waals surface area contributed by atoms with Gasteiger partial charge in [0.1, 0.15) is 5.82 Å². The second-order valence-electron chi connectivity index (χ2n) is 4.41. The predicted octanol–water partition coefficient (Wildman–Crippen LogP) is 4.86. The van der Waals surface area contributed by atoms with Crippen molar-refractivity contribution in [3.05, 3.63) is 34.6 Å². The van der Waals surface area contributed by atoms with Crippen molar-refractivity contribution >= 4 is 11.6 Å². The molecule has 1 aromatic carbocycles. The first-order valence-electron chi connectivity index (χ1n) is 6.04. The molecule has 0 aliphatic heterocycles. The Morgan fingerprint density at radius 2 is 1.95 bits per heavy atom. The third-order valence-electron chi connectivity index (χ3n) is 2.77. The van der Waals surface area contributed by atoms with Crippen molar-refractivity contribution in [3.8, 4) is 0 Å². The van der Waals surface area contributed by atoms with Crippen LogP contribution in [0.25, 0.3) is 0 Å². The molecule has 108 valence electrons. The van der Waals surface area contributed by atoms with E-state index in [1.807, 2.05) is 6.92 Å². The summed E-state index contributed by atoms with van der Waals surface area (Å²) in [7, 11) is 0. The topological polar surface area (TPSA) is 12.0 Å². The van der Waals surface area contributed by atoms with Crippen LogP contribution < -0.4 is 5.32 Å². The van der Waals surface area contributed by atoms with Crippen LogP contribution in [0.1, 0.15) is 37.8 Å². The Morgan fingerprint density at radius 3 is 2.53 bits per heavy atom. The Labute approximate surface area is 115 Å². The molecule has 0 spiro atoms. The number of nitrogens with one attached hydrogen (secondary N) is 1. The van der Waals surface area contributed by atoms with Gasteiger partial charge in [-0.2, -0.15) is 13.2 Å². The Kier molecular flexibility index (Phi) is 6.07. The summed E-state index contributed by atoms with van der Waals surface area (Å²) in [5.74, 6) is -0.411. The minimum Gasteiger partial charge on any atom is -0.310 e. The van der Waals surface area contributed by atoms with Crippen LogP contribution in [0.3, 0.4) is 0 Å². The fourth-order valence-electron chi connectivity index (χ4n) is 1.73. The second kappa shape index (κ2) is 7.10. The second-order valence-corrected chi connectivity index (χ2v) is 4.82. The van der Waals surface area contributed by atoms with Gasteiger partial charge in [0.2, 0.25) is 0 Å². The molecule has 0 radical (unpaired) electrons. The number of benzene rings is 1. The van der Waals surface area contributed by atoms with E-state index in [-0.39, 0.29) is 12.5 Å². The summed E-state index contributed by atoms with van der Waals surface area (Å²) >= 11 is 5.90. The van der Waals surface area contributed by atoms with Gasteiger partial charge in [0, 0.05) is 17.5 Å². The van der Waals surface area contributed by atoms with Crippen molar-refractivity contribution in [1.29, 1.82) is 0 Å². The lowest BCUT2D eigenvalue weighted by Gasteiger charge is -2.16. The molecule has 0 aromatic heterocycles. The zero-order valence-corrected chi connectivity index (χ0v) is 11.3. The molecular formula is C13H16ClF4N. The molecule has 0 aliphatic rings. The minimum absolute atomic E-state index is 0.0976. The lowest BCUT2D eigenvalue weighted by molar-refractivity contribution is -0.135. The molecule has 1 aromatic rings. The Bertz CT molecular complexity index is 406. The number of rotatable bonds is 6. The summed E-state index contributed by atoms with van der Waals surface area (Å²) in [5.41, 5.74) is 0.735. The van der Waals surface area contributed by atoms with Crippen LogP contribution >= 0.6 is 11.6 Å². The quantitative estimate of drug-likeness (QED) is 0.584. The van der Waals surface area contributed by atoms with E-state index in [0.717, 1.165) is 5.56 Å². The number of hydrogen-bond donors (Lipinski definition) is 1. The average Bonchev–Trinajstić information content (AvgIpc) is 2.26. The molecule has 0 saturated carbocycles. The van der Waals surface area contributed by atoms with Crippen molar-refractivity contribution in [2.75, 3.05) is 6.54 Å². The van der Waals surface area contributed by atoms with Gasteiger partial charge in [-0.05, 0) is 44.0 Å². The van der Waals surface area contributed by atoms with Crippen molar-refractivity contribution in [3.63, 3.8) is 0 Å². The van der Waals surface area contributed by atoms with Gasteiger partial charge < -0.3 is 5.32 Å². The third-order valence-corrected chi connectivity index (χ3v) is 3.09. The van der Waals surface area contributed by atoms with Crippen LogP contribution in [-0.2, 0) is 0 Å². The highest BCUT2D eigenvalue weighted by Crippen LogP contribution is 2.24. The zero-order chi connectivity index (χ0) is 14.5. The molecule has 0 fully saturated rings. The fourth-order valence-corrected chi connectivity index (χ4v) is 2.06. The van der Waals surface area contributed by atoms with Crippen molar-refractivity contribution in [2.45, 2.75) is 38.4 Å². The maximum Gasteiger partial charge on any atom is 0.389 e. The Morgan fingerprint density at radius 1 is 1.26 bits per heavy atom. The number of hydrogen-bond acceptors (Lipinski definition) is 1. The normalized spacial score (nSPS) is 13.6. The molecule has 0 aliphatic carbocycles. The molecule has 0 heterocycles. The van der Waals surface area contributed by atoms with Crippen LogP contribution in [0, 0.1) is 5.82 Å². The highest BCUT2D eigenvalue weighted by atomic mass is 35.5. The predicted molar refractivity (Wildman–Crippen MR) is 67.7 cm³/mol. The SMILES string of the molecule is CC(NCCCCC(F)(F)F)c1ccc(F)cc1Cl. The van der Waals surface area contributed by atoms with Crippen LogP contribution in [0.5, 0.6) is 0 Å². The highest BCUT2D eigenvalue weighted by molar-refractivity contribution is 6.31. The lowest BCUT2D eigenvalue weighted by Crippen LogP contribution is -2.20. The number of unbranched alkanes of at least 4 members (excludes halogenated alkanes) is 1. The molecule has 1 nitrogen and oxygen atoms in total. The molecular weight excluding hydrogens is 282 g/mol. The molecule has 1 N–H and O–H groups in total. The minimum atomic E-state index is -4.09. The van der Waals surface area contributed by atoms with Gasteiger partial charge >= 0.3 is 6.18 Å². The van der Waals surface area contributed by atoms with Gasteiger partial charge in [0.25, 0.3) is 0 Å². The van der Waals surface area contributed by atoms with E-state index in [1.54, 1.807) is 6.07 Å². The first-order chi connectivity index (χ1) is 8.79. The average molecular weight is 298 g/mol. The van der Waals surface area contributed by atoms with E-state index >= 15 is 0 Å². The summed E-state index contributed by atoms with van der Waals surface area (Å²) < 4.78 is 48.6. The van der Waals surface area contributed by atoms with Gasteiger partial charge in [-0.15, -0.1) is 0 Å². The first kappa shape index (κ1) is 16.2. The molecule has 0 amide bonds. The summed E-state index contributed by atoms with van der Waals surface area (Å²) in [6.07, 6.45) is -4.32. The standard InChI is InChI=1S/C13H16ClF4N/c1-9(11-5-4-10(15)8-12(11)14)19-7-3-2-6-13(16,17)18/h4-5,8-9,19H,2-3,6-7H2,1H3. The highest BCUT2D eigenvalue weighted by Gasteiger charge is 2.25. The van der Waals surface area contributed by atoms with Crippen LogP contribution in [0.4, 0.5) is 17.6 Å². The molecule has 0 bridgehead atoms. The molecule has 0 saturated heterocycles. The maximum absolute atomic E-state index is 12.9. The summed E-state index contributed by atoms with van der Waals surface area (Å²) in [6.45, 7) is 2.30. The maximum atomic E-state index is 12.9. The van der Waals surface area contributed by atoms with Crippen molar-refractivity contribution < 1.29 is 17.6 Å². The molecule has 1 rings (SSSR count). The van der Waals surface area contributed by atoms with Crippen LogP contribution in [0.15, 0.2) is 18.2 Å². The van der Waals surface area contributed by atoms with Gasteiger partial charge in [-0.3, -0.25) is 0 Å². The Balaban J connectivity index is 2.33. The molecule has 1 unspecified atom stereocenters. The monoisotopic (exact) mass is 297 g/mol. The van der Waals surface area contributed by atoms with E-state index in [0.29, 0.717) is 18.0 Å². The number of halogens is 5.